The van der Waals surface area contributed by atoms with Gasteiger partial charge in [-0.15, -0.1) is 5.10 Å². The van der Waals surface area contributed by atoms with Gasteiger partial charge in [0.2, 0.25) is 0 Å². The van der Waals surface area contributed by atoms with Gasteiger partial charge in [0.15, 0.2) is 6.39 Å². The summed E-state index contributed by atoms with van der Waals surface area (Å²) in [5.41, 5.74) is 9.62. The van der Waals surface area contributed by atoms with Crippen LogP contribution in [0.1, 0.15) is 47.4 Å². The second-order valence-corrected chi connectivity index (χ2v) is 18.1. The Morgan fingerprint density at radius 2 is 1.09 bits per heavy atom. The van der Waals surface area contributed by atoms with Gasteiger partial charge in [-0.3, -0.25) is 24.0 Å². The van der Waals surface area contributed by atoms with E-state index in [0.717, 1.165) is 29.1 Å². The van der Waals surface area contributed by atoms with E-state index in [2.05, 4.69) is 147 Å². The second-order valence-electron chi connectivity index (χ2n) is 18.1. The highest BCUT2D eigenvalue weighted by Crippen LogP contribution is 2.11. The molecule has 0 saturated carbocycles. The molecule has 0 bridgehead atoms. The van der Waals surface area contributed by atoms with Crippen LogP contribution in [0, 0.1) is 41.5 Å². The molecule has 13 rings (SSSR count). The summed E-state index contributed by atoms with van der Waals surface area (Å²) in [5, 5.41) is 18.1. The van der Waals surface area contributed by atoms with Crippen molar-refractivity contribution in [3.8, 4) is 0 Å². The van der Waals surface area contributed by atoms with Crippen molar-refractivity contribution >= 4 is 6.21 Å². The number of benzene rings is 2. The third-order valence-electron chi connectivity index (χ3n) is 9.68. The zero-order chi connectivity index (χ0) is 62.6. The molecule has 448 valence electrons. The molecule has 11 aromatic rings. The number of rotatable bonds is 0. The Morgan fingerprint density at radius 1 is 0.471 bits per heavy atom. The zero-order valence-electron chi connectivity index (χ0n) is 51.7. The molecule has 85 heavy (non-hydrogen) atoms. The van der Waals surface area contributed by atoms with Crippen molar-refractivity contribution in [2.75, 3.05) is 13.6 Å². The summed E-state index contributed by atoms with van der Waals surface area (Å²) in [6, 6.07) is 26.4. The van der Waals surface area contributed by atoms with Crippen LogP contribution in [0.5, 0.6) is 0 Å². The number of aliphatic imine (C=N–C) groups is 1. The van der Waals surface area contributed by atoms with E-state index in [4.69, 9.17) is 4.42 Å². The molecule has 21 nitrogen and oxygen atoms in total. The van der Waals surface area contributed by atoms with Crippen molar-refractivity contribution in [3.05, 3.63) is 291 Å². The highest BCUT2D eigenvalue weighted by molar-refractivity contribution is 5.79. The van der Waals surface area contributed by atoms with E-state index in [0.29, 0.717) is 0 Å². The summed E-state index contributed by atoms with van der Waals surface area (Å²) in [6.07, 6.45) is 46.1. The van der Waals surface area contributed by atoms with Crippen LogP contribution in [0.2, 0.25) is 0 Å². The zero-order valence-corrected chi connectivity index (χ0v) is 51.7. The lowest BCUT2D eigenvalue weighted by Crippen LogP contribution is -2.10. The molecule has 2 aliphatic rings. The van der Waals surface area contributed by atoms with Crippen molar-refractivity contribution in [2.45, 2.75) is 55.4 Å². The summed E-state index contributed by atoms with van der Waals surface area (Å²) in [7, 11) is 11.4. The van der Waals surface area contributed by atoms with Crippen LogP contribution < -0.4 is 0 Å². The molecule has 0 radical (unpaired) electrons. The Kier molecular flexibility index (Phi) is 41.1. The van der Waals surface area contributed by atoms with Gasteiger partial charge in [-0.05, 0) is 95.9 Å². The Bertz CT molecular complexity index is 2790. The first-order valence-corrected chi connectivity index (χ1v) is 26.6. The van der Waals surface area contributed by atoms with Crippen LogP contribution >= 0.6 is 0 Å². The molecule has 21 heteroatoms. The topological polar surface area (TPSA) is 221 Å². The van der Waals surface area contributed by atoms with Crippen molar-refractivity contribution in [1.29, 1.82) is 0 Å². The molecule has 0 aliphatic carbocycles. The third-order valence-corrected chi connectivity index (χ3v) is 9.68. The highest BCUT2D eigenvalue weighted by atomic mass is 16.5. The van der Waals surface area contributed by atoms with E-state index in [1.54, 1.807) is 101 Å². The molecule has 2 aromatic carbocycles. The van der Waals surface area contributed by atoms with Gasteiger partial charge < -0.3 is 23.0 Å². The normalized spacial score (nSPS) is 10.5. The summed E-state index contributed by atoms with van der Waals surface area (Å²) in [6.45, 7) is 20.8. The van der Waals surface area contributed by atoms with Crippen molar-refractivity contribution in [3.63, 3.8) is 0 Å². The number of hydrogen-bond acceptors (Lipinski definition) is 16. The van der Waals surface area contributed by atoms with Gasteiger partial charge in [-0.1, -0.05) is 107 Å². The standard InChI is InChI=1S/C8H11N.2C7H8.C6H7N.C5H6N2.C5H7N.3C4H6N2.2C4H5NO.2C3H5N3/c1-7-4-5-8(2)9(3)6-7;2*1-7-5-3-2-4-6-7;1-6-3-2-4-7-5-6;1-5-2-6-4-7-3-5;1-5-2-3-6-4-5;2*1-6-3-2-5-4-6;1-6-4-2-3-5-6;1-4-2-5-3-6-4;1-4-2-5-6-3-4;1-6-3-4-2-5-6;1-6-3-2-4-5-6/h4-6H,2H2,1,3H3;2*2-6H,1H3;2-5H,1H3;2-4H,1H3;2,4H,3H2,1H3;3*2-4H,1H3;4*2-3H,1H3. The van der Waals surface area contributed by atoms with Crippen LogP contribution in [-0.2, 0) is 35.2 Å². The van der Waals surface area contributed by atoms with E-state index in [1.807, 2.05) is 176 Å². The molecule has 0 saturated heterocycles. The molecule has 0 atom stereocenters. The predicted octanol–water partition coefficient (Wildman–Crippen LogP) is 11.9. The average Bonchev–Trinajstić information content (AvgIpc) is 4.38. The maximum Gasteiger partial charge on any atom is 0.180 e. The first kappa shape index (κ1) is 72.4. The van der Waals surface area contributed by atoms with Crippen LogP contribution in [-0.4, -0.2) is 108 Å². The van der Waals surface area contributed by atoms with E-state index in [1.165, 1.54) is 46.9 Å². The number of oxazole rings is 1. The average molecular weight is 1150 g/mol. The largest absolute Gasteiger partial charge is 0.449 e. The second kappa shape index (κ2) is 48.2. The van der Waals surface area contributed by atoms with E-state index < -0.39 is 0 Å². The van der Waals surface area contributed by atoms with Crippen molar-refractivity contribution < 1.29 is 8.94 Å². The van der Waals surface area contributed by atoms with Crippen LogP contribution in [0.15, 0.2) is 272 Å². The van der Waals surface area contributed by atoms with Crippen LogP contribution in [0.4, 0.5) is 0 Å². The van der Waals surface area contributed by atoms with Gasteiger partial charge in [0.25, 0.3) is 0 Å². The Morgan fingerprint density at radius 3 is 1.29 bits per heavy atom. The summed E-state index contributed by atoms with van der Waals surface area (Å²) in [5.74, 6) is 0.856. The number of allylic oxidation sites excluding steroid dienone is 4. The third kappa shape index (κ3) is 45.8. The van der Waals surface area contributed by atoms with E-state index in [9.17, 15) is 0 Å². The number of aromatic nitrogens is 17. The number of hydrogen-bond donors (Lipinski definition) is 0. The van der Waals surface area contributed by atoms with Gasteiger partial charge in [-0.2, -0.15) is 10.2 Å². The Hall–Kier alpha value is -10.6. The fraction of sp³-hybridized carbons (Fsp3) is 0.234. The minimum atomic E-state index is 0.856. The van der Waals surface area contributed by atoms with E-state index >= 15 is 0 Å². The van der Waals surface area contributed by atoms with Crippen LogP contribution in [0.25, 0.3) is 0 Å². The molecule has 0 N–H and O–H groups in total. The molecule has 9 aromatic heterocycles. The van der Waals surface area contributed by atoms with Crippen molar-refractivity contribution in [2.24, 2.45) is 40.2 Å². The lowest BCUT2D eigenvalue weighted by Gasteiger charge is -2.18. The monoisotopic (exact) mass is 1150 g/mol. The predicted molar refractivity (Wildman–Crippen MR) is 339 cm³/mol. The molecule has 0 spiro atoms. The first-order valence-electron chi connectivity index (χ1n) is 26.6. The molecule has 0 unspecified atom stereocenters. The molecule has 2 aliphatic heterocycles. The highest BCUT2D eigenvalue weighted by Gasteiger charge is 1.98. The number of imidazole rings is 2. The quantitative estimate of drug-likeness (QED) is 0.138. The van der Waals surface area contributed by atoms with Gasteiger partial charge in [0, 0.05) is 134 Å². The number of likely N-dealkylation sites (N-methyl/N-ethyl adjacent to an activating group) is 1. The van der Waals surface area contributed by atoms with Gasteiger partial charge in [0.1, 0.15) is 31.0 Å². The Balaban J connectivity index is 0.000000461. The van der Waals surface area contributed by atoms with E-state index in [-0.39, 0.29) is 0 Å². The number of aryl methyl sites for hydroxylation is 11. The molecule has 0 fully saturated rings. The summed E-state index contributed by atoms with van der Waals surface area (Å²) < 4.78 is 18.0. The minimum absolute atomic E-state index is 0.856. The first-order chi connectivity index (χ1) is 40.9. The van der Waals surface area contributed by atoms with Gasteiger partial charge in [-0.25, -0.2) is 29.9 Å². The number of pyridine rings is 1. The summed E-state index contributed by atoms with van der Waals surface area (Å²) >= 11 is 0. The molecular formula is C64H85N19O2. The Labute approximate surface area is 502 Å². The fourth-order valence-corrected chi connectivity index (χ4v) is 5.18. The van der Waals surface area contributed by atoms with Gasteiger partial charge in [0.05, 0.1) is 37.8 Å². The fourth-order valence-electron chi connectivity index (χ4n) is 5.18. The molecular weight excluding hydrogens is 1070 g/mol. The SMILES string of the molecule is C=C1C=CC(C)=CN1C.CC1=CCN=C1.Cc1ccccc1.Cc1ccccc1.Cc1cccnc1.Cc1cncnc1.Cc1cnco1.Cc1cnoc1.Cn1cccn1.Cn1ccnc1.Cn1ccnc1.Cn1ccnn1.Cn1cncn1. The smallest absolute Gasteiger partial charge is 0.180 e. The maximum atomic E-state index is 4.72. The maximum absolute atomic E-state index is 4.72. The molecule has 11 heterocycles. The number of nitrogens with zero attached hydrogens (tertiary/aromatic N) is 19. The lowest BCUT2D eigenvalue weighted by molar-refractivity contribution is 0.419. The minimum Gasteiger partial charge on any atom is -0.449 e. The summed E-state index contributed by atoms with van der Waals surface area (Å²) in [4.78, 5) is 32.3. The van der Waals surface area contributed by atoms with Crippen LogP contribution in [0.3, 0.4) is 0 Å². The molecule has 0 amide bonds. The van der Waals surface area contributed by atoms with Gasteiger partial charge >= 0.3 is 0 Å². The lowest BCUT2D eigenvalue weighted by atomic mass is 10.2. The van der Waals surface area contributed by atoms with Crippen molar-refractivity contribution in [1.82, 2.24) is 88.6 Å².